The zero-order chi connectivity index (χ0) is 18.8. The summed E-state index contributed by atoms with van der Waals surface area (Å²) in [5.41, 5.74) is 2.36. The maximum atomic E-state index is 13.6. The van der Waals surface area contributed by atoms with E-state index in [-0.39, 0.29) is 29.8 Å². The van der Waals surface area contributed by atoms with E-state index in [1.54, 1.807) is 31.3 Å². The third-order valence-corrected chi connectivity index (χ3v) is 3.71. The molecule has 0 aliphatic heterocycles. The number of ether oxygens (including phenoxy) is 1. The largest absolute Gasteiger partial charge is 0.453 e. The van der Waals surface area contributed by atoms with Crippen molar-refractivity contribution in [1.29, 1.82) is 0 Å². The van der Waals surface area contributed by atoms with E-state index >= 15 is 0 Å². The lowest BCUT2D eigenvalue weighted by Crippen LogP contribution is -2.37. The van der Waals surface area contributed by atoms with Crippen molar-refractivity contribution in [2.75, 3.05) is 26.0 Å². The summed E-state index contributed by atoms with van der Waals surface area (Å²) in [5, 5.41) is 8.94. The van der Waals surface area contributed by atoms with Gasteiger partial charge in [-0.15, -0.1) is 24.0 Å². The quantitative estimate of drug-likeness (QED) is 0.332. The Balaban J connectivity index is 0.00000364. The molecule has 0 atom stereocenters. The number of guanidine groups is 1. The summed E-state index contributed by atoms with van der Waals surface area (Å²) in [7, 11) is 3.00. The first kappa shape index (κ1) is 22.7. The topological polar surface area (TPSA) is 74.8 Å². The molecule has 2 aromatic rings. The Morgan fingerprint density at radius 1 is 1.11 bits per heavy atom. The first-order valence-corrected chi connectivity index (χ1v) is 8.24. The van der Waals surface area contributed by atoms with Crippen molar-refractivity contribution in [3.63, 3.8) is 0 Å². The van der Waals surface area contributed by atoms with E-state index in [0.29, 0.717) is 36.7 Å². The Morgan fingerprint density at radius 3 is 2.44 bits per heavy atom. The minimum absolute atomic E-state index is 0. The van der Waals surface area contributed by atoms with Crippen LogP contribution in [-0.2, 0) is 17.7 Å². The zero-order valence-corrected chi connectivity index (χ0v) is 17.6. The van der Waals surface area contributed by atoms with Crippen molar-refractivity contribution < 1.29 is 13.9 Å². The minimum Gasteiger partial charge on any atom is -0.453 e. The summed E-state index contributed by atoms with van der Waals surface area (Å²) >= 11 is 0. The highest BCUT2D eigenvalue weighted by Gasteiger charge is 2.03. The number of halogens is 2. The number of hydrogen-bond acceptors (Lipinski definition) is 3. The molecule has 2 rings (SSSR count). The van der Waals surface area contributed by atoms with Crippen LogP contribution in [0.4, 0.5) is 14.9 Å². The predicted molar refractivity (Wildman–Crippen MR) is 116 cm³/mol. The molecule has 146 valence electrons. The second-order valence-electron chi connectivity index (χ2n) is 5.51. The molecule has 0 heterocycles. The Morgan fingerprint density at radius 2 is 1.81 bits per heavy atom. The van der Waals surface area contributed by atoms with Gasteiger partial charge >= 0.3 is 6.09 Å². The van der Waals surface area contributed by atoms with Crippen molar-refractivity contribution in [1.82, 2.24) is 10.6 Å². The van der Waals surface area contributed by atoms with Crippen LogP contribution in [0.5, 0.6) is 0 Å². The van der Waals surface area contributed by atoms with Crippen LogP contribution in [0.2, 0.25) is 0 Å². The number of carbonyl (C=O) groups excluding carboxylic acids is 1. The van der Waals surface area contributed by atoms with E-state index in [2.05, 4.69) is 25.7 Å². The Bertz CT molecular complexity index is 754. The highest BCUT2D eigenvalue weighted by Crippen LogP contribution is 2.10. The van der Waals surface area contributed by atoms with Crippen molar-refractivity contribution in [2.45, 2.75) is 13.0 Å². The summed E-state index contributed by atoms with van der Waals surface area (Å²) in [6, 6.07) is 14.1. The standard InChI is InChI=1S/C19H23FN4O2.HI/c1-21-18(22-12-11-15-5-3-4-6-17(15)20)23-13-14-7-9-16(10-8-14)24-19(25)26-2;/h3-10H,11-13H2,1-2H3,(H,24,25)(H2,21,22,23);1H. The maximum absolute atomic E-state index is 13.6. The first-order chi connectivity index (χ1) is 12.6. The molecule has 0 bridgehead atoms. The fourth-order valence-corrected chi connectivity index (χ4v) is 2.30. The highest BCUT2D eigenvalue weighted by molar-refractivity contribution is 14.0. The van der Waals surface area contributed by atoms with Crippen molar-refractivity contribution >= 4 is 41.7 Å². The third-order valence-electron chi connectivity index (χ3n) is 3.71. The smallest absolute Gasteiger partial charge is 0.411 e. The molecule has 3 N–H and O–H groups in total. The Kier molecular flexibility index (Phi) is 10.2. The lowest BCUT2D eigenvalue weighted by Gasteiger charge is -2.12. The van der Waals surface area contributed by atoms with E-state index in [4.69, 9.17) is 0 Å². The number of methoxy groups -OCH3 is 1. The van der Waals surface area contributed by atoms with E-state index in [0.717, 1.165) is 5.56 Å². The lowest BCUT2D eigenvalue weighted by molar-refractivity contribution is 0.187. The molecule has 0 fully saturated rings. The molecular formula is C19H24FIN4O2. The molecule has 8 heteroatoms. The van der Waals surface area contributed by atoms with Gasteiger partial charge in [0.25, 0.3) is 0 Å². The van der Waals surface area contributed by atoms with Gasteiger partial charge in [0.05, 0.1) is 7.11 Å². The Hall–Kier alpha value is -2.36. The van der Waals surface area contributed by atoms with Gasteiger partial charge in [-0.2, -0.15) is 0 Å². The molecule has 0 radical (unpaired) electrons. The van der Waals surface area contributed by atoms with Crippen LogP contribution in [0.3, 0.4) is 0 Å². The number of nitrogens with zero attached hydrogens (tertiary/aromatic N) is 1. The number of hydrogen-bond donors (Lipinski definition) is 3. The molecular weight excluding hydrogens is 462 g/mol. The number of benzene rings is 2. The van der Waals surface area contributed by atoms with Gasteiger partial charge in [-0.1, -0.05) is 30.3 Å². The molecule has 0 unspecified atom stereocenters. The molecule has 0 aromatic heterocycles. The zero-order valence-electron chi connectivity index (χ0n) is 15.3. The van der Waals surface area contributed by atoms with Gasteiger partial charge in [0.15, 0.2) is 5.96 Å². The highest BCUT2D eigenvalue weighted by atomic mass is 127. The molecule has 0 spiro atoms. The molecule has 27 heavy (non-hydrogen) atoms. The van der Waals surface area contributed by atoms with Crippen molar-refractivity contribution in [2.24, 2.45) is 4.99 Å². The van der Waals surface area contributed by atoms with Gasteiger partial charge in [0, 0.05) is 25.8 Å². The normalized spacial score (nSPS) is 10.6. The summed E-state index contributed by atoms with van der Waals surface area (Å²) in [6.07, 6.45) is 0.0664. The molecule has 2 aromatic carbocycles. The number of anilines is 1. The first-order valence-electron chi connectivity index (χ1n) is 8.24. The molecule has 6 nitrogen and oxygen atoms in total. The van der Waals surface area contributed by atoms with E-state index < -0.39 is 6.09 Å². The average molecular weight is 486 g/mol. The second kappa shape index (κ2) is 12.1. The van der Waals surface area contributed by atoms with Gasteiger partial charge < -0.3 is 15.4 Å². The number of nitrogens with one attached hydrogen (secondary N) is 3. The summed E-state index contributed by atoms with van der Waals surface area (Å²) in [6.45, 7) is 1.14. The maximum Gasteiger partial charge on any atom is 0.411 e. The fraction of sp³-hybridized carbons (Fsp3) is 0.263. The molecule has 0 saturated carbocycles. The van der Waals surface area contributed by atoms with Crippen LogP contribution in [0.25, 0.3) is 0 Å². The molecule has 1 amide bonds. The van der Waals surface area contributed by atoms with E-state index in [1.165, 1.54) is 13.2 Å². The average Bonchev–Trinajstić information content (AvgIpc) is 2.67. The number of rotatable bonds is 6. The predicted octanol–water partition coefficient (Wildman–Crippen LogP) is 3.53. The fourth-order valence-electron chi connectivity index (χ4n) is 2.30. The second-order valence-corrected chi connectivity index (χ2v) is 5.51. The molecule has 0 aliphatic carbocycles. The third kappa shape index (κ3) is 7.81. The SMILES string of the molecule is CN=C(NCCc1ccccc1F)NCc1ccc(NC(=O)OC)cc1.I. The van der Waals surface area contributed by atoms with Crippen LogP contribution >= 0.6 is 24.0 Å². The molecule has 0 aliphatic rings. The minimum atomic E-state index is -0.504. The van der Waals surface area contributed by atoms with Gasteiger partial charge in [-0.25, -0.2) is 9.18 Å². The van der Waals surface area contributed by atoms with Gasteiger partial charge in [0.2, 0.25) is 0 Å². The lowest BCUT2D eigenvalue weighted by atomic mass is 10.1. The van der Waals surface area contributed by atoms with Crippen LogP contribution < -0.4 is 16.0 Å². The summed E-state index contributed by atoms with van der Waals surface area (Å²) in [4.78, 5) is 15.3. The van der Waals surface area contributed by atoms with Crippen molar-refractivity contribution in [3.05, 3.63) is 65.5 Å². The number of carbonyl (C=O) groups is 1. The summed E-state index contributed by atoms with van der Waals surface area (Å²) in [5.74, 6) is 0.441. The summed E-state index contributed by atoms with van der Waals surface area (Å²) < 4.78 is 18.1. The Labute approximate surface area is 175 Å². The monoisotopic (exact) mass is 486 g/mol. The number of aliphatic imine (C=N–C) groups is 1. The van der Waals surface area contributed by atoms with Gasteiger partial charge in [0.1, 0.15) is 5.82 Å². The van der Waals surface area contributed by atoms with Crippen LogP contribution in [0.15, 0.2) is 53.5 Å². The van der Waals surface area contributed by atoms with Crippen LogP contribution in [0.1, 0.15) is 11.1 Å². The van der Waals surface area contributed by atoms with Crippen LogP contribution in [0, 0.1) is 5.82 Å². The van der Waals surface area contributed by atoms with Crippen molar-refractivity contribution in [3.8, 4) is 0 Å². The number of amides is 1. The van der Waals surface area contributed by atoms with E-state index in [9.17, 15) is 9.18 Å². The van der Waals surface area contributed by atoms with E-state index in [1.807, 2.05) is 18.2 Å². The van der Waals surface area contributed by atoms with Gasteiger partial charge in [-0.3, -0.25) is 10.3 Å². The van der Waals surface area contributed by atoms with Crippen LogP contribution in [-0.4, -0.2) is 32.8 Å². The van der Waals surface area contributed by atoms with Gasteiger partial charge in [-0.05, 0) is 35.7 Å². The molecule has 0 saturated heterocycles.